The van der Waals surface area contributed by atoms with Gasteiger partial charge in [0, 0.05) is 32.9 Å². The van der Waals surface area contributed by atoms with Crippen LogP contribution in [0.15, 0.2) is 279 Å². The molecule has 69 heavy (non-hydrogen) atoms. The summed E-state index contributed by atoms with van der Waals surface area (Å²) >= 11 is 0. The second-order valence-corrected chi connectivity index (χ2v) is 18.1. The summed E-state index contributed by atoms with van der Waals surface area (Å²) < 4.78 is 4.81. The van der Waals surface area contributed by atoms with Gasteiger partial charge in [-0.1, -0.05) is 206 Å². The van der Waals surface area contributed by atoms with Crippen molar-refractivity contribution in [3.8, 4) is 44.8 Å². The Balaban J connectivity index is 0.930. The van der Waals surface area contributed by atoms with Crippen molar-refractivity contribution in [1.29, 1.82) is 0 Å². The van der Waals surface area contributed by atoms with Crippen LogP contribution in [-0.2, 0) is 5.41 Å². The standard InChI is InChI=1S/C67H46N2/c1-6-23-53(24-7-1)67(54-25-8-2-9-26-54,55-27-10-3-11-28-55)56-29-19-22-49(43-56)47-20-18-21-48(42-47)52-36-39-60-62-45-51(38-41-65(62)69(66(60)46-52)58-32-14-5-15-33-58)50-37-40-64-61(44-50)59-34-16-17-35-63(59)68(64)57-30-12-4-13-31-57/h1-46H. The number of para-hydroxylation sites is 3. The van der Waals surface area contributed by atoms with E-state index >= 15 is 0 Å². The topological polar surface area (TPSA) is 9.86 Å². The highest BCUT2D eigenvalue weighted by Crippen LogP contribution is 2.46. The third-order valence-corrected chi connectivity index (χ3v) is 14.2. The Kier molecular flexibility index (Phi) is 9.77. The molecule has 2 nitrogen and oxygen atoms in total. The monoisotopic (exact) mass is 878 g/mol. The van der Waals surface area contributed by atoms with E-state index in [4.69, 9.17) is 0 Å². The van der Waals surface area contributed by atoms with E-state index in [1.165, 1.54) is 105 Å². The molecule has 11 aromatic carbocycles. The van der Waals surface area contributed by atoms with Crippen LogP contribution in [0.25, 0.3) is 88.4 Å². The summed E-state index contributed by atoms with van der Waals surface area (Å²) in [4.78, 5) is 0. The van der Waals surface area contributed by atoms with Gasteiger partial charge in [0.2, 0.25) is 0 Å². The Bertz CT molecular complexity index is 3880. The first-order chi connectivity index (χ1) is 34.2. The molecular weight excluding hydrogens is 833 g/mol. The molecule has 0 saturated carbocycles. The molecule has 2 heteroatoms. The molecule has 0 atom stereocenters. The van der Waals surface area contributed by atoms with Crippen molar-refractivity contribution in [2.75, 3.05) is 0 Å². The highest BCUT2D eigenvalue weighted by molar-refractivity contribution is 6.13. The van der Waals surface area contributed by atoms with Crippen molar-refractivity contribution < 1.29 is 0 Å². The lowest BCUT2D eigenvalue weighted by atomic mass is 9.65. The molecule has 0 saturated heterocycles. The van der Waals surface area contributed by atoms with E-state index in [1.54, 1.807) is 0 Å². The molecule has 0 amide bonds. The fraction of sp³-hybridized carbons (Fsp3) is 0.0149. The average molecular weight is 879 g/mol. The molecule has 2 heterocycles. The molecule has 0 aliphatic heterocycles. The van der Waals surface area contributed by atoms with Crippen LogP contribution in [0.4, 0.5) is 0 Å². The van der Waals surface area contributed by atoms with Crippen molar-refractivity contribution in [2.24, 2.45) is 0 Å². The maximum Gasteiger partial charge on any atom is 0.0701 e. The lowest BCUT2D eigenvalue weighted by molar-refractivity contribution is 0.745. The number of nitrogens with zero attached hydrogens (tertiary/aromatic N) is 2. The predicted molar refractivity (Wildman–Crippen MR) is 290 cm³/mol. The van der Waals surface area contributed by atoms with Crippen LogP contribution < -0.4 is 0 Å². The Hall–Kier alpha value is -8.98. The summed E-state index contributed by atoms with van der Waals surface area (Å²) in [5.41, 5.74) is 18.6. The predicted octanol–water partition coefficient (Wildman–Crippen LogP) is 17.3. The molecule has 0 fully saturated rings. The van der Waals surface area contributed by atoms with Gasteiger partial charge in [0.05, 0.1) is 27.5 Å². The number of benzene rings is 11. The molecule has 0 unspecified atom stereocenters. The number of fused-ring (bicyclic) bond motifs is 6. The first kappa shape index (κ1) is 40.3. The summed E-state index contributed by atoms with van der Waals surface area (Å²) in [5.74, 6) is 0. The van der Waals surface area contributed by atoms with Gasteiger partial charge in [-0.05, 0) is 128 Å². The Labute approximate surface area is 402 Å². The normalized spacial score (nSPS) is 11.8. The van der Waals surface area contributed by atoms with Gasteiger partial charge in [0.15, 0.2) is 0 Å². The smallest absolute Gasteiger partial charge is 0.0701 e. The summed E-state index contributed by atoms with van der Waals surface area (Å²) in [6, 6.07) is 102. The molecule has 0 spiro atoms. The van der Waals surface area contributed by atoms with Crippen LogP contribution in [0.5, 0.6) is 0 Å². The van der Waals surface area contributed by atoms with Crippen LogP contribution in [0, 0.1) is 0 Å². The van der Waals surface area contributed by atoms with Crippen LogP contribution in [-0.4, -0.2) is 9.13 Å². The molecule has 2 aromatic heterocycles. The number of hydrogen-bond donors (Lipinski definition) is 0. The van der Waals surface area contributed by atoms with Gasteiger partial charge < -0.3 is 9.13 Å². The number of aromatic nitrogens is 2. The van der Waals surface area contributed by atoms with Gasteiger partial charge in [-0.2, -0.15) is 0 Å². The lowest BCUT2D eigenvalue weighted by Gasteiger charge is -2.37. The van der Waals surface area contributed by atoms with Crippen LogP contribution in [0.2, 0.25) is 0 Å². The van der Waals surface area contributed by atoms with Gasteiger partial charge in [-0.25, -0.2) is 0 Å². The Morgan fingerprint density at radius 3 is 1.10 bits per heavy atom. The van der Waals surface area contributed by atoms with E-state index in [9.17, 15) is 0 Å². The highest BCUT2D eigenvalue weighted by Gasteiger charge is 2.38. The lowest BCUT2D eigenvalue weighted by Crippen LogP contribution is -2.31. The SMILES string of the molecule is c1ccc(-n2c3ccccc3c3cc(-c4ccc5c(c4)c4ccc(-c6cccc(-c7cccc(C(c8ccccc8)(c8ccccc8)c8ccccc8)c7)c6)cc4n5-c4ccccc4)ccc32)cc1. The summed E-state index contributed by atoms with van der Waals surface area (Å²) in [6.45, 7) is 0. The quantitative estimate of drug-likeness (QED) is 0.128. The summed E-state index contributed by atoms with van der Waals surface area (Å²) in [6.07, 6.45) is 0. The first-order valence-electron chi connectivity index (χ1n) is 23.8. The van der Waals surface area contributed by atoms with Crippen LogP contribution >= 0.6 is 0 Å². The zero-order valence-electron chi connectivity index (χ0n) is 38.0. The minimum atomic E-state index is -0.525. The number of hydrogen-bond acceptors (Lipinski definition) is 0. The third kappa shape index (κ3) is 6.72. The second-order valence-electron chi connectivity index (χ2n) is 18.1. The molecule has 0 aliphatic carbocycles. The molecule has 0 aliphatic rings. The zero-order valence-corrected chi connectivity index (χ0v) is 38.0. The average Bonchev–Trinajstić information content (AvgIpc) is 3.94. The second kappa shape index (κ2) is 16.7. The molecule has 13 rings (SSSR count). The molecule has 0 bridgehead atoms. The van der Waals surface area contributed by atoms with Gasteiger partial charge in [-0.15, -0.1) is 0 Å². The molecule has 324 valence electrons. The van der Waals surface area contributed by atoms with Crippen molar-refractivity contribution in [3.63, 3.8) is 0 Å². The van der Waals surface area contributed by atoms with Crippen molar-refractivity contribution in [2.45, 2.75) is 5.41 Å². The van der Waals surface area contributed by atoms with E-state index < -0.39 is 5.41 Å². The highest BCUT2D eigenvalue weighted by atomic mass is 15.0. The van der Waals surface area contributed by atoms with Gasteiger partial charge in [-0.3, -0.25) is 0 Å². The van der Waals surface area contributed by atoms with Crippen molar-refractivity contribution in [3.05, 3.63) is 301 Å². The minimum absolute atomic E-state index is 0.525. The van der Waals surface area contributed by atoms with Gasteiger partial charge in [0.1, 0.15) is 0 Å². The summed E-state index contributed by atoms with van der Waals surface area (Å²) in [7, 11) is 0. The third-order valence-electron chi connectivity index (χ3n) is 14.2. The largest absolute Gasteiger partial charge is 0.309 e. The van der Waals surface area contributed by atoms with E-state index in [0.717, 1.165) is 5.69 Å². The Morgan fingerprint density at radius 1 is 0.203 bits per heavy atom. The molecular formula is C67H46N2. The van der Waals surface area contributed by atoms with Crippen molar-refractivity contribution in [1.82, 2.24) is 9.13 Å². The zero-order chi connectivity index (χ0) is 45.7. The molecule has 0 N–H and O–H groups in total. The minimum Gasteiger partial charge on any atom is -0.309 e. The van der Waals surface area contributed by atoms with E-state index in [2.05, 4.69) is 288 Å². The van der Waals surface area contributed by atoms with E-state index in [0.29, 0.717) is 0 Å². The fourth-order valence-electron chi connectivity index (χ4n) is 11.1. The molecule has 13 aromatic rings. The number of rotatable bonds is 9. The molecule has 0 radical (unpaired) electrons. The van der Waals surface area contributed by atoms with E-state index in [1.807, 2.05) is 0 Å². The van der Waals surface area contributed by atoms with Crippen molar-refractivity contribution >= 4 is 43.6 Å². The first-order valence-corrected chi connectivity index (χ1v) is 23.8. The maximum atomic E-state index is 2.43. The maximum absolute atomic E-state index is 2.43. The summed E-state index contributed by atoms with van der Waals surface area (Å²) in [5, 5.41) is 4.96. The van der Waals surface area contributed by atoms with Gasteiger partial charge >= 0.3 is 0 Å². The van der Waals surface area contributed by atoms with Gasteiger partial charge in [0.25, 0.3) is 0 Å². The Morgan fingerprint density at radius 2 is 0.565 bits per heavy atom. The van der Waals surface area contributed by atoms with Crippen LogP contribution in [0.3, 0.4) is 0 Å². The fourth-order valence-corrected chi connectivity index (χ4v) is 11.1. The van der Waals surface area contributed by atoms with E-state index in [-0.39, 0.29) is 0 Å². The van der Waals surface area contributed by atoms with Crippen LogP contribution in [0.1, 0.15) is 22.3 Å².